The van der Waals surface area contributed by atoms with Crippen LogP contribution < -0.4 is 0 Å². The summed E-state index contributed by atoms with van der Waals surface area (Å²) in [5.74, 6) is 0. The van der Waals surface area contributed by atoms with E-state index in [1.807, 2.05) is 30.9 Å². The summed E-state index contributed by atoms with van der Waals surface area (Å²) in [5, 5.41) is 8.94. The van der Waals surface area contributed by atoms with Crippen molar-refractivity contribution < 1.29 is 0 Å². The molecule has 0 spiro atoms. The molecule has 0 amide bonds. The first-order valence-corrected chi connectivity index (χ1v) is 21.0. The third-order valence-electron chi connectivity index (χ3n) is 13.2. The number of benzene rings is 7. The Hall–Kier alpha value is -7.56. The highest BCUT2D eigenvalue weighted by Gasteiger charge is 2.27. The van der Waals surface area contributed by atoms with Gasteiger partial charge in [-0.05, 0) is 171 Å². The standard InChI is InChI=1S/C56H38N4/c1-3-9-37-25-39(15-13-35(37)7-1)41-19-21-53-49(27-41)51-29-43-17-18-44-30-52-50-28-42(40-16-14-36-8-2-4-10-38(36)26-40)20-22-54(50)60(46-12-6-24-58-34-46)56(52)32-48(44)47(43)31-55(51)59(53)45-11-5-23-57-33-45/h1-16,19,21,23-34H,17-18,20,22H2. The van der Waals surface area contributed by atoms with Crippen LogP contribution in [-0.4, -0.2) is 19.1 Å². The summed E-state index contributed by atoms with van der Waals surface area (Å²) in [6, 6.07) is 56.4. The normalized spacial score (nSPS) is 13.5. The highest BCUT2D eigenvalue weighted by Crippen LogP contribution is 2.46. The van der Waals surface area contributed by atoms with E-state index in [4.69, 9.17) is 0 Å². The van der Waals surface area contributed by atoms with Crippen molar-refractivity contribution in [1.29, 1.82) is 0 Å². The number of nitrogens with zero attached hydrogens (tertiary/aromatic N) is 4. The first-order valence-electron chi connectivity index (χ1n) is 21.0. The average Bonchev–Trinajstić information content (AvgIpc) is 3.81. The van der Waals surface area contributed by atoms with Gasteiger partial charge in [0.05, 0.1) is 40.3 Å². The number of fused-ring (bicyclic) bond motifs is 11. The van der Waals surface area contributed by atoms with Crippen LogP contribution in [-0.2, 0) is 19.3 Å². The second-order valence-electron chi connectivity index (χ2n) is 16.5. The van der Waals surface area contributed by atoms with E-state index in [2.05, 4.69) is 171 Å². The molecule has 60 heavy (non-hydrogen) atoms. The van der Waals surface area contributed by atoms with Gasteiger partial charge in [0.15, 0.2) is 0 Å². The minimum absolute atomic E-state index is 0.964. The Kier molecular flexibility index (Phi) is 7.23. The summed E-state index contributed by atoms with van der Waals surface area (Å²) in [5.41, 5.74) is 19.1. The number of aromatic nitrogens is 4. The topological polar surface area (TPSA) is 35.6 Å². The molecule has 0 bridgehead atoms. The predicted molar refractivity (Wildman–Crippen MR) is 249 cm³/mol. The Labute approximate surface area is 347 Å². The molecule has 0 unspecified atom stereocenters. The van der Waals surface area contributed by atoms with Crippen molar-refractivity contribution in [3.8, 4) is 33.6 Å². The van der Waals surface area contributed by atoms with Crippen molar-refractivity contribution in [3.05, 3.63) is 204 Å². The molecule has 11 aromatic rings. The number of allylic oxidation sites excluding steroid dienone is 1. The van der Waals surface area contributed by atoms with Gasteiger partial charge in [-0.25, -0.2) is 0 Å². The average molecular weight is 767 g/mol. The lowest BCUT2D eigenvalue weighted by molar-refractivity contribution is 0.894. The number of hydrogen-bond acceptors (Lipinski definition) is 2. The van der Waals surface area contributed by atoms with Crippen LogP contribution in [0.2, 0.25) is 0 Å². The highest BCUT2D eigenvalue weighted by atomic mass is 15.0. The van der Waals surface area contributed by atoms with Crippen LogP contribution in [0.15, 0.2) is 176 Å². The molecular formula is C56H38N4. The SMILES string of the molecule is C1=C(c2ccc3ccccc3c2)CCc2c1c1cc3c(cc1n2-c1cccnc1)-c1cc2c(cc1CC3)c1cc(-c3ccc4ccccc4c3)ccc1n2-c1cccnc1. The predicted octanol–water partition coefficient (Wildman–Crippen LogP) is 13.7. The van der Waals surface area contributed by atoms with Crippen molar-refractivity contribution in [1.82, 2.24) is 19.1 Å². The van der Waals surface area contributed by atoms with E-state index in [0.717, 1.165) is 37.1 Å². The number of pyridine rings is 2. The van der Waals surface area contributed by atoms with Gasteiger partial charge in [-0.15, -0.1) is 0 Å². The molecule has 0 atom stereocenters. The fraction of sp³-hybridized carbons (Fsp3) is 0.0714. The third-order valence-corrected chi connectivity index (χ3v) is 13.2. The first-order chi connectivity index (χ1) is 29.7. The van der Waals surface area contributed by atoms with Gasteiger partial charge < -0.3 is 9.13 Å². The Morgan fingerprint density at radius 1 is 0.400 bits per heavy atom. The number of hydrogen-bond donors (Lipinski definition) is 0. The zero-order chi connectivity index (χ0) is 39.3. The third kappa shape index (κ3) is 5.10. The molecule has 0 N–H and O–H groups in total. The second-order valence-corrected chi connectivity index (χ2v) is 16.5. The maximum absolute atomic E-state index is 4.60. The van der Waals surface area contributed by atoms with Crippen molar-refractivity contribution in [2.24, 2.45) is 0 Å². The van der Waals surface area contributed by atoms with Crippen molar-refractivity contribution in [2.45, 2.75) is 25.7 Å². The molecule has 0 saturated heterocycles. The fourth-order valence-corrected chi connectivity index (χ4v) is 10.4. The molecular weight excluding hydrogens is 729 g/mol. The quantitative estimate of drug-likeness (QED) is 0.179. The van der Waals surface area contributed by atoms with Gasteiger partial charge in [-0.1, -0.05) is 78.9 Å². The fourth-order valence-electron chi connectivity index (χ4n) is 10.4. The molecule has 2 aliphatic carbocycles. The van der Waals surface area contributed by atoms with Gasteiger partial charge >= 0.3 is 0 Å². The van der Waals surface area contributed by atoms with Crippen LogP contribution in [0.5, 0.6) is 0 Å². The van der Waals surface area contributed by atoms with Crippen molar-refractivity contribution in [3.63, 3.8) is 0 Å². The van der Waals surface area contributed by atoms with Crippen LogP contribution in [0.4, 0.5) is 0 Å². The van der Waals surface area contributed by atoms with Crippen molar-refractivity contribution >= 4 is 65.9 Å². The van der Waals surface area contributed by atoms with E-state index < -0.39 is 0 Å². The zero-order valence-corrected chi connectivity index (χ0v) is 32.9. The van der Waals surface area contributed by atoms with Crippen LogP contribution in [0.1, 0.15) is 34.4 Å². The smallest absolute Gasteiger partial charge is 0.0645 e. The van der Waals surface area contributed by atoms with Gasteiger partial charge in [0.1, 0.15) is 0 Å². The minimum Gasteiger partial charge on any atom is -0.311 e. The zero-order valence-electron chi connectivity index (χ0n) is 32.9. The van der Waals surface area contributed by atoms with Gasteiger partial charge in [0, 0.05) is 39.8 Å². The monoisotopic (exact) mass is 766 g/mol. The molecule has 0 saturated carbocycles. The molecule has 0 fully saturated rings. The molecule has 4 heteroatoms. The Morgan fingerprint density at radius 2 is 0.967 bits per heavy atom. The molecule has 282 valence electrons. The molecule has 0 aliphatic heterocycles. The van der Waals surface area contributed by atoms with E-state index in [1.165, 1.54) is 110 Å². The Balaban J connectivity index is 1.02. The molecule has 0 radical (unpaired) electrons. The minimum atomic E-state index is 0.964. The van der Waals surface area contributed by atoms with Gasteiger partial charge in [0.2, 0.25) is 0 Å². The number of rotatable bonds is 4. The molecule has 4 aromatic heterocycles. The van der Waals surface area contributed by atoms with Crippen molar-refractivity contribution in [2.75, 3.05) is 0 Å². The molecule has 2 aliphatic rings. The lowest BCUT2D eigenvalue weighted by Crippen LogP contribution is -2.06. The van der Waals surface area contributed by atoms with Crippen LogP contribution in [0, 0.1) is 0 Å². The van der Waals surface area contributed by atoms with E-state index in [9.17, 15) is 0 Å². The molecule has 13 rings (SSSR count). The summed E-state index contributed by atoms with van der Waals surface area (Å²) in [6.45, 7) is 0. The van der Waals surface area contributed by atoms with E-state index in [0.29, 0.717) is 0 Å². The highest BCUT2D eigenvalue weighted by molar-refractivity contribution is 6.12. The van der Waals surface area contributed by atoms with Gasteiger partial charge in [-0.2, -0.15) is 0 Å². The number of aryl methyl sites for hydroxylation is 2. The van der Waals surface area contributed by atoms with Crippen LogP contribution in [0.25, 0.3) is 99.5 Å². The van der Waals surface area contributed by atoms with E-state index in [1.54, 1.807) is 0 Å². The molecule has 7 aromatic carbocycles. The summed E-state index contributed by atoms with van der Waals surface area (Å²) >= 11 is 0. The summed E-state index contributed by atoms with van der Waals surface area (Å²) in [6.07, 6.45) is 14.2. The molecule has 4 heterocycles. The van der Waals surface area contributed by atoms with E-state index >= 15 is 0 Å². The summed E-state index contributed by atoms with van der Waals surface area (Å²) in [7, 11) is 0. The van der Waals surface area contributed by atoms with Gasteiger partial charge in [-0.3, -0.25) is 9.97 Å². The lowest BCUT2D eigenvalue weighted by Gasteiger charge is -2.21. The summed E-state index contributed by atoms with van der Waals surface area (Å²) < 4.78 is 4.89. The second kappa shape index (κ2) is 13.0. The summed E-state index contributed by atoms with van der Waals surface area (Å²) in [4.78, 5) is 9.18. The maximum Gasteiger partial charge on any atom is 0.0645 e. The first kappa shape index (κ1) is 33.4. The lowest BCUT2D eigenvalue weighted by atomic mass is 9.83. The Bertz CT molecular complexity index is 3590. The molecule has 4 nitrogen and oxygen atoms in total. The Morgan fingerprint density at radius 3 is 1.65 bits per heavy atom. The maximum atomic E-state index is 4.60. The van der Waals surface area contributed by atoms with Crippen LogP contribution >= 0.6 is 0 Å². The van der Waals surface area contributed by atoms with Crippen LogP contribution in [0.3, 0.4) is 0 Å². The largest absolute Gasteiger partial charge is 0.311 e. The van der Waals surface area contributed by atoms with Gasteiger partial charge in [0.25, 0.3) is 0 Å². The van der Waals surface area contributed by atoms with E-state index in [-0.39, 0.29) is 0 Å².